The van der Waals surface area contributed by atoms with E-state index in [1.807, 2.05) is 33.8 Å². The van der Waals surface area contributed by atoms with E-state index in [0.29, 0.717) is 16.3 Å². The Balaban J connectivity index is 1.68. The van der Waals surface area contributed by atoms with Gasteiger partial charge in [-0.15, -0.1) is 0 Å². The Morgan fingerprint density at radius 1 is 1.22 bits per heavy atom. The number of carbonyl (C=O) groups excluding carboxylic acids is 2. The van der Waals surface area contributed by atoms with Crippen LogP contribution in [0.5, 0.6) is 5.75 Å². The Kier molecular flexibility index (Phi) is 4.85. The van der Waals surface area contributed by atoms with E-state index in [9.17, 15) is 9.59 Å². The summed E-state index contributed by atoms with van der Waals surface area (Å²) in [5.41, 5.74) is -0.407. The highest BCUT2D eigenvalue weighted by Crippen LogP contribution is 2.55. The lowest BCUT2D eigenvalue weighted by molar-refractivity contribution is -0.166. The zero-order valence-corrected chi connectivity index (χ0v) is 16.6. The summed E-state index contributed by atoms with van der Waals surface area (Å²) in [6.45, 7) is 7.95. The Bertz CT molecular complexity index is 808. The van der Waals surface area contributed by atoms with Crippen molar-refractivity contribution in [3.05, 3.63) is 28.8 Å². The summed E-state index contributed by atoms with van der Waals surface area (Å²) >= 11 is 6.08. The monoisotopic (exact) mass is 390 g/mol. The van der Waals surface area contributed by atoms with E-state index in [2.05, 4.69) is 5.32 Å². The van der Waals surface area contributed by atoms with Crippen LogP contribution in [0.1, 0.15) is 46.1 Å². The van der Waals surface area contributed by atoms with Crippen molar-refractivity contribution in [1.29, 1.82) is 5.26 Å². The molecule has 3 rings (SSSR count). The number of nitrogens with one attached hydrogen (secondary N) is 1. The summed E-state index contributed by atoms with van der Waals surface area (Å²) in [6.07, 6.45) is 0.655. The van der Waals surface area contributed by atoms with E-state index in [1.165, 1.54) is 0 Å². The van der Waals surface area contributed by atoms with Crippen LogP contribution in [0.15, 0.2) is 18.2 Å². The largest absolute Gasteiger partial charge is 0.489 e. The van der Waals surface area contributed by atoms with Crippen molar-refractivity contribution in [2.75, 3.05) is 0 Å². The van der Waals surface area contributed by atoms with Gasteiger partial charge in [-0.25, -0.2) is 4.79 Å². The maximum absolute atomic E-state index is 12.1. The maximum Gasteiger partial charge on any atom is 0.415 e. The van der Waals surface area contributed by atoms with Crippen molar-refractivity contribution < 1.29 is 19.1 Å². The van der Waals surface area contributed by atoms with E-state index in [0.717, 1.165) is 12.8 Å². The highest BCUT2D eigenvalue weighted by Gasteiger charge is 2.64. The summed E-state index contributed by atoms with van der Waals surface area (Å²) in [5.74, 6) is -0.0204. The summed E-state index contributed by atoms with van der Waals surface area (Å²) in [6, 6.07) is 6.73. The molecule has 2 saturated carbocycles. The Hall–Kier alpha value is -2.26. The molecule has 2 fully saturated rings. The van der Waals surface area contributed by atoms with Gasteiger partial charge in [0, 0.05) is 22.9 Å². The molecule has 0 aliphatic heterocycles. The van der Waals surface area contributed by atoms with Gasteiger partial charge in [-0.1, -0.05) is 39.3 Å². The van der Waals surface area contributed by atoms with E-state index >= 15 is 0 Å². The molecular weight excluding hydrogens is 368 g/mol. The number of carbonyl (C=O) groups is 2. The van der Waals surface area contributed by atoms with Crippen LogP contribution < -0.4 is 10.1 Å². The highest BCUT2D eigenvalue weighted by molar-refractivity contribution is 6.31. The summed E-state index contributed by atoms with van der Waals surface area (Å²) in [4.78, 5) is 23.8. The van der Waals surface area contributed by atoms with Crippen LogP contribution >= 0.6 is 11.6 Å². The normalized spacial score (nSPS) is 24.9. The van der Waals surface area contributed by atoms with Crippen LogP contribution in [0.25, 0.3) is 0 Å². The van der Waals surface area contributed by atoms with Gasteiger partial charge in [-0.05, 0) is 25.0 Å². The summed E-state index contributed by atoms with van der Waals surface area (Å²) < 4.78 is 11.0. The zero-order valence-electron chi connectivity index (χ0n) is 15.8. The average molecular weight is 391 g/mol. The fraction of sp³-hybridized carbons (Fsp3) is 0.550. The van der Waals surface area contributed by atoms with E-state index in [1.54, 1.807) is 18.2 Å². The first kappa shape index (κ1) is 19.5. The second-order valence-electron chi connectivity index (χ2n) is 8.45. The van der Waals surface area contributed by atoms with Gasteiger partial charge in [-0.3, -0.25) is 4.79 Å². The Morgan fingerprint density at radius 2 is 1.85 bits per heavy atom. The standard InChI is InChI=1S/C20H23ClN2O4/c1-19(2)16(23-18(25)27-15(24)11-5-6-11)20(3,4)17(19)26-13-8-7-12(10-22)14(21)9-13/h7-9,11,16-17H,5-6H2,1-4H3,(H,23,25). The SMILES string of the molecule is CC1(C)C(NC(=O)OC(=O)C2CC2)C(C)(C)C1Oc1ccc(C#N)c(Cl)c1. The molecule has 0 unspecified atom stereocenters. The third-order valence-corrected chi connectivity index (χ3v) is 5.83. The first-order valence-corrected chi connectivity index (χ1v) is 9.33. The molecule has 2 aliphatic carbocycles. The number of esters is 1. The van der Waals surface area contributed by atoms with Crippen molar-refractivity contribution >= 4 is 23.7 Å². The Morgan fingerprint density at radius 3 is 2.37 bits per heavy atom. The second-order valence-corrected chi connectivity index (χ2v) is 8.86. The van der Waals surface area contributed by atoms with E-state index in [4.69, 9.17) is 26.3 Å². The molecule has 0 atom stereocenters. The van der Waals surface area contributed by atoms with E-state index < -0.39 is 22.9 Å². The van der Waals surface area contributed by atoms with Gasteiger partial charge in [0.2, 0.25) is 0 Å². The quantitative estimate of drug-likeness (QED) is 0.618. The first-order valence-electron chi connectivity index (χ1n) is 8.96. The number of ether oxygens (including phenoxy) is 2. The summed E-state index contributed by atoms with van der Waals surface area (Å²) in [5, 5.41) is 12.1. The lowest BCUT2D eigenvalue weighted by atomic mass is 9.49. The lowest BCUT2D eigenvalue weighted by Gasteiger charge is -2.62. The van der Waals surface area contributed by atoms with Crippen molar-refractivity contribution in [2.24, 2.45) is 16.7 Å². The molecule has 27 heavy (non-hydrogen) atoms. The summed E-state index contributed by atoms with van der Waals surface area (Å²) in [7, 11) is 0. The predicted molar refractivity (Wildman–Crippen MR) is 99.3 cm³/mol. The number of rotatable bonds is 4. The molecule has 6 nitrogen and oxygen atoms in total. The molecule has 0 radical (unpaired) electrons. The smallest absolute Gasteiger partial charge is 0.415 e. The number of benzene rings is 1. The lowest BCUT2D eigenvalue weighted by Crippen LogP contribution is -2.74. The third kappa shape index (κ3) is 3.61. The molecule has 7 heteroatoms. The molecule has 0 saturated heterocycles. The van der Waals surface area contributed by atoms with Gasteiger partial charge in [0.1, 0.15) is 17.9 Å². The van der Waals surface area contributed by atoms with Crippen molar-refractivity contribution in [1.82, 2.24) is 5.32 Å². The average Bonchev–Trinajstić information content (AvgIpc) is 3.42. The molecule has 1 amide bonds. The number of alkyl carbamates (subject to hydrolysis) is 1. The Labute approximate surface area is 163 Å². The van der Waals surface area contributed by atoms with Gasteiger partial charge < -0.3 is 14.8 Å². The van der Waals surface area contributed by atoms with Gasteiger partial charge in [0.15, 0.2) is 0 Å². The fourth-order valence-corrected chi connectivity index (χ4v) is 4.45. The van der Waals surface area contributed by atoms with Crippen molar-refractivity contribution in [2.45, 2.75) is 52.7 Å². The van der Waals surface area contributed by atoms with Crippen LogP contribution in [-0.4, -0.2) is 24.2 Å². The maximum atomic E-state index is 12.1. The van der Waals surface area contributed by atoms with Gasteiger partial charge in [0.05, 0.1) is 16.5 Å². The molecule has 0 bridgehead atoms. The molecule has 1 aromatic rings. The first-order chi connectivity index (χ1) is 12.6. The highest BCUT2D eigenvalue weighted by atomic mass is 35.5. The minimum absolute atomic E-state index is 0.129. The second kappa shape index (κ2) is 6.72. The van der Waals surface area contributed by atoms with Gasteiger partial charge in [0.25, 0.3) is 0 Å². The molecule has 144 valence electrons. The topological polar surface area (TPSA) is 88.4 Å². The van der Waals surface area contributed by atoms with Crippen LogP contribution in [0.2, 0.25) is 5.02 Å². The van der Waals surface area contributed by atoms with Gasteiger partial charge >= 0.3 is 12.1 Å². The molecular formula is C20H23ClN2O4. The number of hydrogen-bond acceptors (Lipinski definition) is 5. The number of nitrogens with zero attached hydrogens (tertiary/aromatic N) is 1. The molecule has 0 aromatic heterocycles. The van der Waals surface area contributed by atoms with Crippen LogP contribution in [0.3, 0.4) is 0 Å². The number of amides is 1. The zero-order chi connectivity index (χ0) is 20.0. The molecule has 1 aromatic carbocycles. The number of nitriles is 1. The van der Waals surface area contributed by atoms with Gasteiger partial charge in [-0.2, -0.15) is 5.26 Å². The minimum atomic E-state index is -0.710. The molecule has 1 N–H and O–H groups in total. The van der Waals surface area contributed by atoms with E-state index in [-0.39, 0.29) is 18.1 Å². The molecule has 0 spiro atoms. The third-order valence-electron chi connectivity index (χ3n) is 5.52. The minimum Gasteiger partial charge on any atom is -0.489 e. The molecule has 2 aliphatic rings. The number of halogens is 1. The van der Waals surface area contributed by atoms with Crippen LogP contribution in [0.4, 0.5) is 4.79 Å². The van der Waals surface area contributed by atoms with Crippen molar-refractivity contribution in [3.63, 3.8) is 0 Å². The van der Waals surface area contributed by atoms with Crippen LogP contribution in [-0.2, 0) is 9.53 Å². The molecule has 0 heterocycles. The van der Waals surface area contributed by atoms with Crippen LogP contribution in [0, 0.1) is 28.1 Å². The predicted octanol–water partition coefficient (Wildman–Crippen LogP) is 4.06. The van der Waals surface area contributed by atoms with Crippen molar-refractivity contribution in [3.8, 4) is 11.8 Å². The fourth-order valence-electron chi connectivity index (χ4n) is 4.24. The number of hydrogen-bond donors (Lipinski definition) is 1.